The number of hydrogen-bond acceptors (Lipinski definition) is 4. The maximum absolute atomic E-state index is 8.85. The first kappa shape index (κ1) is 12.8. The van der Waals surface area contributed by atoms with E-state index in [1.807, 2.05) is 6.07 Å². The highest BCUT2D eigenvalue weighted by atomic mass is 35.5. The molecule has 0 heterocycles. The van der Waals surface area contributed by atoms with Crippen LogP contribution in [0.15, 0.2) is 18.2 Å². The Hall–Kier alpha value is -1.28. The number of hydrogen-bond donors (Lipinski definition) is 0. The van der Waals surface area contributed by atoms with Crippen molar-refractivity contribution in [3.8, 4) is 11.8 Å². The number of nitrogens with zero attached hydrogens (tertiary/aromatic N) is 1. The molecule has 0 radical (unpaired) electrons. The van der Waals surface area contributed by atoms with Gasteiger partial charge in [-0.1, -0.05) is 11.6 Å². The molecule has 0 bridgehead atoms. The Bertz CT molecular complexity index is 385. The molecule has 1 aromatic rings. The van der Waals surface area contributed by atoms with Crippen molar-refractivity contribution < 1.29 is 14.2 Å². The summed E-state index contributed by atoms with van der Waals surface area (Å²) >= 11 is 5.80. The first-order valence-electron chi connectivity index (χ1n) is 4.59. The first-order valence-corrected chi connectivity index (χ1v) is 4.97. The normalized spacial score (nSPS) is 10.2. The Morgan fingerprint density at radius 3 is 2.62 bits per heavy atom. The predicted molar refractivity (Wildman–Crippen MR) is 59.5 cm³/mol. The van der Waals surface area contributed by atoms with Crippen LogP contribution in [-0.2, 0) is 9.47 Å². The quantitative estimate of drug-likeness (QED) is 0.742. The molecule has 0 aliphatic rings. The molecule has 4 nitrogen and oxygen atoms in total. The Kier molecular flexibility index (Phi) is 5.06. The Balaban J connectivity index is 2.73. The lowest BCUT2D eigenvalue weighted by molar-refractivity contribution is -0.122. The molecule has 1 aromatic carbocycles. The highest BCUT2D eigenvalue weighted by molar-refractivity contribution is 6.30. The lowest BCUT2D eigenvalue weighted by Gasteiger charge is -2.15. The van der Waals surface area contributed by atoms with Crippen molar-refractivity contribution in [2.75, 3.05) is 20.8 Å². The van der Waals surface area contributed by atoms with Gasteiger partial charge in [-0.15, -0.1) is 0 Å². The molecule has 0 aliphatic heterocycles. The maximum Gasteiger partial charge on any atom is 0.191 e. The minimum Gasteiger partial charge on any atom is -0.487 e. The number of rotatable bonds is 5. The molecule has 0 spiro atoms. The second-order valence-corrected chi connectivity index (χ2v) is 3.40. The highest BCUT2D eigenvalue weighted by Crippen LogP contribution is 2.22. The van der Waals surface area contributed by atoms with Gasteiger partial charge in [0, 0.05) is 25.3 Å². The van der Waals surface area contributed by atoms with E-state index >= 15 is 0 Å². The van der Waals surface area contributed by atoms with Crippen molar-refractivity contribution >= 4 is 11.6 Å². The van der Waals surface area contributed by atoms with Crippen molar-refractivity contribution in [2.24, 2.45) is 0 Å². The summed E-state index contributed by atoms with van der Waals surface area (Å²) in [5.74, 6) is 0.425. The van der Waals surface area contributed by atoms with E-state index in [9.17, 15) is 0 Å². The summed E-state index contributed by atoms with van der Waals surface area (Å²) in [6.07, 6.45) is -0.467. The molecular weight excluding hydrogens is 230 g/mol. The van der Waals surface area contributed by atoms with Gasteiger partial charge in [0.25, 0.3) is 0 Å². The average Bonchev–Trinajstić information content (AvgIpc) is 2.30. The van der Waals surface area contributed by atoms with E-state index in [2.05, 4.69) is 0 Å². The van der Waals surface area contributed by atoms with Crippen molar-refractivity contribution in [2.45, 2.75) is 6.29 Å². The number of ether oxygens (including phenoxy) is 3. The molecule has 16 heavy (non-hydrogen) atoms. The number of nitriles is 1. The second-order valence-electron chi connectivity index (χ2n) is 2.96. The average molecular weight is 242 g/mol. The molecule has 1 rings (SSSR count). The Morgan fingerprint density at radius 2 is 2.06 bits per heavy atom. The van der Waals surface area contributed by atoms with Gasteiger partial charge >= 0.3 is 0 Å². The summed E-state index contributed by atoms with van der Waals surface area (Å²) < 4.78 is 15.3. The van der Waals surface area contributed by atoms with Gasteiger partial charge in [0.2, 0.25) is 0 Å². The largest absolute Gasteiger partial charge is 0.487 e. The molecule has 0 unspecified atom stereocenters. The third-order valence-corrected chi connectivity index (χ3v) is 2.20. The van der Waals surface area contributed by atoms with E-state index in [1.54, 1.807) is 18.2 Å². The van der Waals surface area contributed by atoms with Crippen LogP contribution in [-0.4, -0.2) is 27.1 Å². The summed E-state index contributed by atoms with van der Waals surface area (Å²) in [5, 5.41) is 9.37. The van der Waals surface area contributed by atoms with Crippen molar-refractivity contribution in [1.82, 2.24) is 0 Å². The zero-order valence-electron chi connectivity index (χ0n) is 9.07. The lowest BCUT2D eigenvalue weighted by Crippen LogP contribution is -2.22. The van der Waals surface area contributed by atoms with Crippen LogP contribution in [0.5, 0.6) is 5.75 Å². The fourth-order valence-electron chi connectivity index (χ4n) is 1.10. The molecule has 0 saturated heterocycles. The standard InChI is InChI=1S/C11H12ClNO3/c1-14-11(15-2)7-16-10-5-9(12)4-3-8(10)6-13/h3-5,11H,7H2,1-2H3. The molecule has 0 aromatic heterocycles. The summed E-state index contributed by atoms with van der Waals surface area (Å²) in [7, 11) is 3.03. The zero-order chi connectivity index (χ0) is 12.0. The van der Waals surface area contributed by atoms with Crippen molar-refractivity contribution in [3.05, 3.63) is 28.8 Å². The summed E-state index contributed by atoms with van der Waals surface area (Å²) in [6.45, 7) is 0.196. The molecule has 0 saturated carbocycles. The highest BCUT2D eigenvalue weighted by Gasteiger charge is 2.09. The minimum absolute atomic E-state index is 0.196. The van der Waals surface area contributed by atoms with Gasteiger partial charge in [-0.2, -0.15) is 5.26 Å². The topological polar surface area (TPSA) is 51.5 Å². The molecule has 86 valence electrons. The van der Waals surface area contributed by atoms with E-state index in [0.29, 0.717) is 16.3 Å². The van der Waals surface area contributed by atoms with Crippen LogP contribution in [0.2, 0.25) is 5.02 Å². The van der Waals surface area contributed by atoms with Gasteiger partial charge in [0.1, 0.15) is 18.4 Å². The molecule has 5 heteroatoms. The molecule has 0 amide bonds. The van der Waals surface area contributed by atoms with Crippen LogP contribution >= 0.6 is 11.6 Å². The SMILES string of the molecule is COC(COc1cc(Cl)ccc1C#N)OC. The Labute approximate surface area is 99.3 Å². The zero-order valence-corrected chi connectivity index (χ0v) is 9.82. The monoisotopic (exact) mass is 241 g/mol. The van der Waals surface area contributed by atoms with Crippen LogP contribution < -0.4 is 4.74 Å². The van der Waals surface area contributed by atoms with Gasteiger partial charge in [-0.3, -0.25) is 0 Å². The fraction of sp³-hybridized carbons (Fsp3) is 0.364. The van der Waals surface area contributed by atoms with Crippen LogP contribution in [0.1, 0.15) is 5.56 Å². The second kappa shape index (κ2) is 6.33. The van der Waals surface area contributed by atoms with E-state index in [0.717, 1.165) is 0 Å². The van der Waals surface area contributed by atoms with Crippen LogP contribution in [0, 0.1) is 11.3 Å². The fourth-order valence-corrected chi connectivity index (χ4v) is 1.26. The third-order valence-electron chi connectivity index (χ3n) is 1.96. The maximum atomic E-state index is 8.85. The molecule has 0 atom stereocenters. The van der Waals surface area contributed by atoms with E-state index in [1.165, 1.54) is 14.2 Å². The van der Waals surface area contributed by atoms with E-state index in [-0.39, 0.29) is 6.61 Å². The summed E-state index contributed by atoms with van der Waals surface area (Å²) in [6, 6.07) is 6.84. The summed E-state index contributed by atoms with van der Waals surface area (Å²) in [5.41, 5.74) is 0.426. The molecule has 0 fully saturated rings. The predicted octanol–water partition coefficient (Wildman–Crippen LogP) is 2.21. The van der Waals surface area contributed by atoms with Crippen LogP contribution in [0.25, 0.3) is 0 Å². The molecular formula is C11H12ClNO3. The smallest absolute Gasteiger partial charge is 0.191 e. The molecule has 0 N–H and O–H groups in total. The van der Waals surface area contributed by atoms with Gasteiger partial charge in [-0.25, -0.2) is 0 Å². The number of methoxy groups -OCH3 is 2. The Morgan fingerprint density at radius 1 is 1.38 bits per heavy atom. The van der Waals surface area contributed by atoms with Gasteiger partial charge < -0.3 is 14.2 Å². The molecule has 0 aliphatic carbocycles. The van der Waals surface area contributed by atoms with E-state index < -0.39 is 6.29 Å². The van der Waals surface area contributed by atoms with Gasteiger partial charge in [-0.05, 0) is 12.1 Å². The van der Waals surface area contributed by atoms with Crippen LogP contribution in [0.3, 0.4) is 0 Å². The lowest BCUT2D eigenvalue weighted by atomic mass is 10.2. The van der Waals surface area contributed by atoms with Crippen LogP contribution in [0.4, 0.5) is 0 Å². The van der Waals surface area contributed by atoms with Crippen molar-refractivity contribution in [1.29, 1.82) is 5.26 Å². The minimum atomic E-state index is -0.467. The third kappa shape index (κ3) is 3.38. The first-order chi connectivity index (χ1) is 7.71. The number of benzene rings is 1. The van der Waals surface area contributed by atoms with Gasteiger partial charge in [0.05, 0.1) is 5.56 Å². The summed E-state index contributed by atoms with van der Waals surface area (Å²) in [4.78, 5) is 0. The van der Waals surface area contributed by atoms with E-state index in [4.69, 9.17) is 31.1 Å². The van der Waals surface area contributed by atoms with Gasteiger partial charge in [0.15, 0.2) is 6.29 Å². The number of halogens is 1. The van der Waals surface area contributed by atoms with Crippen molar-refractivity contribution in [3.63, 3.8) is 0 Å².